The molecule has 0 saturated carbocycles. The third-order valence-electron chi connectivity index (χ3n) is 4.38. The second-order valence-corrected chi connectivity index (χ2v) is 6.28. The van der Waals surface area contributed by atoms with E-state index < -0.39 is 0 Å². The lowest BCUT2D eigenvalue weighted by Gasteiger charge is -2.25. The molecule has 2 aromatic rings. The first kappa shape index (κ1) is 14.8. The SMILES string of the molecule is Cc1ccccc1[C@@H]1CCCN1C(=O)c1cc(C(C)C)on1. The van der Waals surface area contributed by atoms with Gasteiger partial charge in [-0.05, 0) is 30.9 Å². The van der Waals surface area contributed by atoms with Crippen LogP contribution in [0.25, 0.3) is 0 Å². The molecule has 1 atom stereocenters. The third-order valence-corrected chi connectivity index (χ3v) is 4.38. The van der Waals surface area contributed by atoms with Crippen molar-refractivity contribution in [2.45, 2.75) is 45.6 Å². The zero-order valence-electron chi connectivity index (χ0n) is 13.4. The summed E-state index contributed by atoms with van der Waals surface area (Å²) < 4.78 is 5.27. The van der Waals surface area contributed by atoms with Crippen molar-refractivity contribution in [1.29, 1.82) is 0 Å². The summed E-state index contributed by atoms with van der Waals surface area (Å²) in [7, 11) is 0. The van der Waals surface area contributed by atoms with Gasteiger partial charge in [0.2, 0.25) is 0 Å². The van der Waals surface area contributed by atoms with Gasteiger partial charge in [0.25, 0.3) is 5.91 Å². The predicted molar refractivity (Wildman–Crippen MR) is 84.8 cm³/mol. The van der Waals surface area contributed by atoms with Crippen LogP contribution in [0.2, 0.25) is 0 Å². The van der Waals surface area contributed by atoms with Gasteiger partial charge in [-0.3, -0.25) is 4.79 Å². The van der Waals surface area contributed by atoms with Crippen LogP contribution in [0.3, 0.4) is 0 Å². The average molecular weight is 298 g/mol. The Morgan fingerprint density at radius 2 is 2.14 bits per heavy atom. The number of rotatable bonds is 3. The number of carbonyl (C=O) groups is 1. The third kappa shape index (κ3) is 2.65. The van der Waals surface area contributed by atoms with Crippen LogP contribution in [-0.4, -0.2) is 22.5 Å². The lowest BCUT2D eigenvalue weighted by molar-refractivity contribution is 0.0724. The summed E-state index contributed by atoms with van der Waals surface area (Å²) in [6, 6.07) is 10.2. The summed E-state index contributed by atoms with van der Waals surface area (Å²) in [5.74, 6) is 0.969. The van der Waals surface area contributed by atoms with E-state index in [0.717, 1.165) is 25.1 Å². The second-order valence-electron chi connectivity index (χ2n) is 6.28. The Morgan fingerprint density at radius 3 is 2.82 bits per heavy atom. The molecule has 4 heteroatoms. The first-order chi connectivity index (χ1) is 10.6. The molecule has 1 aliphatic rings. The fraction of sp³-hybridized carbons (Fsp3) is 0.444. The lowest BCUT2D eigenvalue weighted by Crippen LogP contribution is -2.31. The molecule has 1 aromatic carbocycles. The summed E-state index contributed by atoms with van der Waals surface area (Å²) in [4.78, 5) is 14.7. The van der Waals surface area contributed by atoms with Crippen molar-refractivity contribution in [3.05, 3.63) is 52.9 Å². The zero-order valence-corrected chi connectivity index (χ0v) is 13.4. The monoisotopic (exact) mass is 298 g/mol. The summed E-state index contributed by atoms with van der Waals surface area (Å²) >= 11 is 0. The van der Waals surface area contributed by atoms with Gasteiger partial charge in [-0.25, -0.2) is 0 Å². The van der Waals surface area contributed by atoms with Crippen LogP contribution in [0.15, 0.2) is 34.9 Å². The maximum atomic E-state index is 12.8. The molecule has 0 spiro atoms. The quantitative estimate of drug-likeness (QED) is 0.857. The van der Waals surface area contributed by atoms with E-state index in [1.54, 1.807) is 6.07 Å². The molecule has 22 heavy (non-hydrogen) atoms. The highest BCUT2D eigenvalue weighted by atomic mass is 16.5. The molecule has 116 valence electrons. The van der Waals surface area contributed by atoms with Gasteiger partial charge in [-0.1, -0.05) is 43.3 Å². The fourth-order valence-electron chi connectivity index (χ4n) is 3.10. The first-order valence-corrected chi connectivity index (χ1v) is 7.91. The van der Waals surface area contributed by atoms with Gasteiger partial charge in [0, 0.05) is 18.5 Å². The minimum Gasteiger partial charge on any atom is -0.360 e. The van der Waals surface area contributed by atoms with E-state index in [1.165, 1.54) is 11.1 Å². The van der Waals surface area contributed by atoms with Crippen molar-refractivity contribution in [3.63, 3.8) is 0 Å². The number of benzene rings is 1. The molecule has 3 rings (SSSR count). The molecule has 0 bridgehead atoms. The molecule has 1 amide bonds. The molecule has 0 unspecified atom stereocenters. The minimum atomic E-state index is -0.0265. The summed E-state index contributed by atoms with van der Waals surface area (Å²) in [6.07, 6.45) is 2.03. The Kier molecular flexibility index (Phi) is 4.01. The van der Waals surface area contributed by atoms with Gasteiger partial charge in [-0.15, -0.1) is 0 Å². The van der Waals surface area contributed by atoms with E-state index >= 15 is 0 Å². The molecule has 0 radical (unpaired) electrons. The largest absolute Gasteiger partial charge is 0.360 e. The second kappa shape index (κ2) is 5.95. The number of hydrogen-bond acceptors (Lipinski definition) is 3. The number of amides is 1. The maximum Gasteiger partial charge on any atom is 0.276 e. The fourth-order valence-corrected chi connectivity index (χ4v) is 3.10. The molecule has 1 aliphatic heterocycles. The van der Waals surface area contributed by atoms with Gasteiger partial charge >= 0.3 is 0 Å². The van der Waals surface area contributed by atoms with Gasteiger partial charge < -0.3 is 9.42 Å². The number of aromatic nitrogens is 1. The molecule has 1 saturated heterocycles. The molecule has 2 heterocycles. The topological polar surface area (TPSA) is 46.3 Å². The molecule has 1 aromatic heterocycles. The Bertz CT molecular complexity index is 675. The van der Waals surface area contributed by atoms with E-state index in [1.807, 2.05) is 30.9 Å². The molecular weight excluding hydrogens is 276 g/mol. The molecule has 0 N–H and O–H groups in total. The number of carbonyl (C=O) groups excluding carboxylic acids is 1. The molecular formula is C18H22N2O2. The number of aryl methyl sites for hydroxylation is 1. The first-order valence-electron chi connectivity index (χ1n) is 7.91. The van der Waals surface area contributed by atoms with Crippen LogP contribution >= 0.6 is 0 Å². The van der Waals surface area contributed by atoms with Crippen LogP contribution in [0, 0.1) is 6.92 Å². The average Bonchev–Trinajstić information content (AvgIpc) is 3.16. The Balaban J connectivity index is 1.86. The van der Waals surface area contributed by atoms with Crippen molar-refractivity contribution in [2.24, 2.45) is 0 Å². The summed E-state index contributed by atoms with van der Waals surface area (Å²) in [5.41, 5.74) is 2.89. The lowest BCUT2D eigenvalue weighted by atomic mass is 9.99. The van der Waals surface area contributed by atoms with Crippen molar-refractivity contribution >= 4 is 5.91 Å². The number of nitrogens with zero attached hydrogens (tertiary/aromatic N) is 2. The van der Waals surface area contributed by atoms with Gasteiger partial charge in [0.1, 0.15) is 5.76 Å². The van der Waals surface area contributed by atoms with E-state index in [9.17, 15) is 4.79 Å². The van der Waals surface area contributed by atoms with Crippen LogP contribution < -0.4 is 0 Å². The zero-order chi connectivity index (χ0) is 15.7. The number of likely N-dealkylation sites (tertiary alicyclic amines) is 1. The minimum absolute atomic E-state index is 0.0265. The molecule has 1 fully saturated rings. The molecule has 4 nitrogen and oxygen atoms in total. The Labute approximate surface area is 131 Å². The van der Waals surface area contributed by atoms with E-state index in [4.69, 9.17) is 4.52 Å². The van der Waals surface area contributed by atoms with E-state index in [0.29, 0.717) is 5.69 Å². The van der Waals surface area contributed by atoms with Gasteiger partial charge in [0.15, 0.2) is 5.69 Å². The Hall–Kier alpha value is -2.10. The maximum absolute atomic E-state index is 12.8. The highest BCUT2D eigenvalue weighted by Crippen LogP contribution is 2.34. The van der Waals surface area contributed by atoms with Gasteiger partial charge in [0.05, 0.1) is 6.04 Å². The Morgan fingerprint density at radius 1 is 1.36 bits per heavy atom. The smallest absolute Gasteiger partial charge is 0.276 e. The van der Waals surface area contributed by atoms with Crippen molar-refractivity contribution < 1.29 is 9.32 Å². The number of hydrogen-bond donors (Lipinski definition) is 0. The summed E-state index contributed by atoms with van der Waals surface area (Å²) in [5, 5.41) is 3.97. The predicted octanol–water partition coefficient (Wildman–Crippen LogP) is 4.08. The van der Waals surface area contributed by atoms with Crippen LogP contribution in [0.4, 0.5) is 0 Å². The highest BCUT2D eigenvalue weighted by Gasteiger charge is 2.32. The van der Waals surface area contributed by atoms with Crippen LogP contribution in [-0.2, 0) is 0 Å². The standard InChI is InChI=1S/C18H22N2O2/c1-12(2)17-11-15(19-22-17)18(21)20-10-6-9-16(20)14-8-5-4-7-13(14)3/h4-5,7-8,11-12,16H,6,9-10H2,1-3H3/t16-/m0/s1. The van der Waals surface area contributed by atoms with Crippen molar-refractivity contribution in [2.75, 3.05) is 6.54 Å². The van der Waals surface area contributed by atoms with Crippen molar-refractivity contribution in [1.82, 2.24) is 10.1 Å². The van der Waals surface area contributed by atoms with Gasteiger partial charge in [-0.2, -0.15) is 0 Å². The highest BCUT2D eigenvalue weighted by molar-refractivity contribution is 5.92. The van der Waals surface area contributed by atoms with Crippen molar-refractivity contribution in [3.8, 4) is 0 Å². The normalized spacial score (nSPS) is 18.2. The molecule has 0 aliphatic carbocycles. The van der Waals surface area contributed by atoms with Crippen LogP contribution in [0.1, 0.15) is 66.0 Å². The van der Waals surface area contributed by atoms with Crippen LogP contribution in [0.5, 0.6) is 0 Å². The van der Waals surface area contributed by atoms with E-state index in [-0.39, 0.29) is 17.9 Å². The summed E-state index contributed by atoms with van der Waals surface area (Å²) in [6.45, 7) is 6.94. The van der Waals surface area contributed by atoms with E-state index in [2.05, 4.69) is 24.2 Å².